The van der Waals surface area contributed by atoms with Crippen LogP contribution in [0.4, 0.5) is 5.69 Å². The van der Waals surface area contributed by atoms with Crippen molar-refractivity contribution in [2.24, 2.45) is 0 Å². The lowest BCUT2D eigenvalue weighted by molar-refractivity contribution is 0.490. The summed E-state index contributed by atoms with van der Waals surface area (Å²) in [4.78, 5) is 2.63. The van der Waals surface area contributed by atoms with Crippen LogP contribution in [0.3, 0.4) is 0 Å². The molecule has 0 aliphatic carbocycles. The Balaban J connectivity index is 2.15. The number of nitrogens with one attached hydrogen (secondary N) is 1. The maximum atomic E-state index is 3.52. The van der Waals surface area contributed by atoms with Gasteiger partial charge in [0.25, 0.3) is 0 Å². The molecule has 1 aromatic rings. The highest BCUT2D eigenvalue weighted by molar-refractivity contribution is 5.56. The predicted octanol–water partition coefficient (Wildman–Crippen LogP) is 3.22. The van der Waals surface area contributed by atoms with Crippen LogP contribution in [0.2, 0.25) is 0 Å². The second-order valence-corrected chi connectivity index (χ2v) is 5.18. The maximum Gasteiger partial charge on any atom is 0.0414 e. The van der Waals surface area contributed by atoms with Crippen molar-refractivity contribution in [3.63, 3.8) is 0 Å². The summed E-state index contributed by atoms with van der Waals surface area (Å²) < 4.78 is 0. The van der Waals surface area contributed by atoms with Crippen LogP contribution < -0.4 is 10.2 Å². The lowest BCUT2D eigenvalue weighted by Crippen LogP contribution is -2.45. The van der Waals surface area contributed by atoms with Crippen LogP contribution in [-0.2, 0) is 6.42 Å². The number of likely N-dealkylation sites (N-methyl/N-ethyl adjacent to an activating group) is 1. The Bertz CT molecular complexity index is 362. The van der Waals surface area contributed by atoms with Gasteiger partial charge < -0.3 is 10.2 Å². The Kier molecular flexibility index (Phi) is 5.06. The van der Waals surface area contributed by atoms with Crippen molar-refractivity contribution in [3.05, 3.63) is 29.8 Å². The van der Waals surface area contributed by atoms with Gasteiger partial charge in [-0.2, -0.15) is 0 Å². The fraction of sp³-hybridized carbons (Fsp3) is 0.625. The van der Waals surface area contributed by atoms with Crippen molar-refractivity contribution in [2.45, 2.75) is 45.6 Å². The molecule has 0 saturated heterocycles. The lowest BCUT2D eigenvalue weighted by Gasteiger charge is -2.38. The van der Waals surface area contributed by atoms with Crippen molar-refractivity contribution in [1.29, 1.82) is 0 Å². The van der Waals surface area contributed by atoms with Gasteiger partial charge in [-0.25, -0.2) is 0 Å². The normalized spacial score (nSPS) is 16.4. The van der Waals surface area contributed by atoms with Gasteiger partial charge in [0.15, 0.2) is 0 Å². The molecule has 1 N–H and O–H groups in total. The molecule has 1 atom stereocenters. The highest BCUT2D eigenvalue weighted by Gasteiger charge is 2.22. The van der Waals surface area contributed by atoms with Gasteiger partial charge in [0.2, 0.25) is 0 Å². The largest absolute Gasteiger partial charge is 0.367 e. The molecule has 0 bridgehead atoms. The van der Waals surface area contributed by atoms with E-state index in [1.165, 1.54) is 43.5 Å². The first-order chi connectivity index (χ1) is 8.86. The van der Waals surface area contributed by atoms with Gasteiger partial charge in [0.1, 0.15) is 0 Å². The summed E-state index contributed by atoms with van der Waals surface area (Å²) in [5.74, 6) is 0. The number of rotatable bonds is 6. The molecule has 0 radical (unpaired) electrons. The van der Waals surface area contributed by atoms with E-state index >= 15 is 0 Å². The van der Waals surface area contributed by atoms with Crippen LogP contribution in [0, 0.1) is 0 Å². The fourth-order valence-electron chi connectivity index (χ4n) is 2.95. The summed E-state index contributed by atoms with van der Waals surface area (Å²) in [5.41, 5.74) is 3.00. The molecule has 1 heterocycles. The van der Waals surface area contributed by atoms with Gasteiger partial charge in [-0.05, 0) is 37.4 Å². The summed E-state index contributed by atoms with van der Waals surface area (Å²) in [6, 6.07) is 9.58. The Hall–Kier alpha value is -1.02. The van der Waals surface area contributed by atoms with E-state index in [0.29, 0.717) is 6.04 Å². The van der Waals surface area contributed by atoms with Crippen LogP contribution in [0.1, 0.15) is 38.7 Å². The Morgan fingerprint density at radius 1 is 1.28 bits per heavy atom. The first kappa shape index (κ1) is 13.4. The molecule has 1 unspecified atom stereocenters. The number of nitrogens with zero attached hydrogens (tertiary/aromatic N) is 1. The second kappa shape index (κ2) is 6.79. The number of hydrogen-bond donors (Lipinski definition) is 1. The van der Waals surface area contributed by atoms with E-state index in [0.717, 1.165) is 13.1 Å². The SMILES string of the molecule is CCCC(CNCC)N1CCCc2ccccc21. The van der Waals surface area contributed by atoms with Crippen LogP contribution in [0.15, 0.2) is 24.3 Å². The van der Waals surface area contributed by atoms with E-state index in [1.807, 2.05) is 0 Å². The van der Waals surface area contributed by atoms with E-state index < -0.39 is 0 Å². The van der Waals surface area contributed by atoms with Crippen molar-refractivity contribution < 1.29 is 0 Å². The summed E-state index contributed by atoms with van der Waals surface area (Å²) in [5, 5.41) is 3.52. The molecule has 2 rings (SSSR count). The minimum Gasteiger partial charge on any atom is -0.367 e. The minimum absolute atomic E-state index is 0.649. The highest BCUT2D eigenvalue weighted by Crippen LogP contribution is 2.29. The van der Waals surface area contributed by atoms with E-state index in [2.05, 4.69) is 48.3 Å². The van der Waals surface area contributed by atoms with Gasteiger partial charge in [-0.15, -0.1) is 0 Å². The molecule has 0 spiro atoms. The van der Waals surface area contributed by atoms with Gasteiger partial charge in [-0.3, -0.25) is 0 Å². The van der Waals surface area contributed by atoms with Gasteiger partial charge in [-0.1, -0.05) is 38.5 Å². The zero-order valence-electron chi connectivity index (χ0n) is 11.8. The van der Waals surface area contributed by atoms with E-state index in [4.69, 9.17) is 0 Å². The molecule has 0 fully saturated rings. The fourth-order valence-corrected chi connectivity index (χ4v) is 2.95. The highest BCUT2D eigenvalue weighted by atomic mass is 15.2. The van der Waals surface area contributed by atoms with Crippen LogP contribution >= 0.6 is 0 Å². The lowest BCUT2D eigenvalue weighted by atomic mass is 9.98. The number of hydrogen-bond acceptors (Lipinski definition) is 2. The van der Waals surface area contributed by atoms with Crippen molar-refractivity contribution >= 4 is 5.69 Å². The number of aryl methyl sites for hydroxylation is 1. The van der Waals surface area contributed by atoms with Crippen molar-refractivity contribution in [3.8, 4) is 0 Å². The van der Waals surface area contributed by atoms with E-state index in [9.17, 15) is 0 Å². The summed E-state index contributed by atoms with van der Waals surface area (Å²) in [6.45, 7) is 7.86. The first-order valence-corrected chi connectivity index (χ1v) is 7.42. The smallest absolute Gasteiger partial charge is 0.0414 e. The zero-order chi connectivity index (χ0) is 12.8. The first-order valence-electron chi connectivity index (χ1n) is 7.42. The summed E-state index contributed by atoms with van der Waals surface area (Å²) in [6.07, 6.45) is 5.08. The third-order valence-electron chi connectivity index (χ3n) is 3.84. The summed E-state index contributed by atoms with van der Waals surface area (Å²) in [7, 11) is 0. The van der Waals surface area contributed by atoms with Crippen molar-refractivity contribution in [1.82, 2.24) is 5.32 Å². The Morgan fingerprint density at radius 2 is 2.11 bits per heavy atom. The third-order valence-corrected chi connectivity index (χ3v) is 3.84. The molecule has 1 aliphatic heterocycles. The van der Waals surface area contributed by atoms with E-state index in [-0.39, 0.29) is 0 Å². The molecule has 1 aliphatic rings. The molecule has 100 valence electrons. The van der Waals surface area contributed by atoms with Gasteiger partial charge >= 0.3 is 0 Å². The molecule has 0 amide bonds. The van der Waals surface area contributed by atoms with Crippen LogP contribution in [0.25, 0.3) is 0 Å². The number of fused-ring (bicyclic) bond motifs is 1. The van der Waals surface area contributed by atoms with Crippen LogP contribution in [-0.4, -0.2) is 25.7 Å². The third kappa shape index (κ3) is 3.05. The predicted molar refractivity (Wildman–Crippen MR) is 79.3 cm³/mol. The van der Waals surface area contributed by atoms with E-state index in [1.54, 1.807) is 0 Å². The maximum absolute atomic E-state index is 3.52. The van der Waals surface area contributed by atoms with Gasteiger partial charge in [0, 0.05) is 24.8 Å². The molecule has 2 heteroatoms. The molecule has 1 aromatic carbocycles. The molecular weight excluding hydrogens is 220 g/mol. The topological polar surface area (TPSA) is 15.3 Å². The number of benzene rings is 1. The molecule has 18 heavy (non-hydrogen) atoms. The second-order valence-electron chi connectivity index (χ2n) is 5.18. The average molecular weight is 246 g/mol. The monoisotopic (exact) mass is 246 g/mol. The average Bonchev–Trinajstić information content (AvgIpc) is 2.43. The number of para-hydroxylation sites is 1. The van der Waals surface area contributed by atoms with Crippen molar-refractivity contribution in [2.75, 3.05) is 24.5 Å². The summed E-state index contributed by atoms with van der Waals surface area (Å²) >= 11 is 0. The molecule has 0 saturated carbocycles. The molecule has 0 aromatic heterocycles. The quantitative estimate of drug-likeness (QED) is 0.829. The molecule has 2 nitrogen and oxygen atoms in total. The van der Waals surface area contributed by atoms with Gasteiger partial charge in [0.05, 0.1) is 0 Å². The Labute approximate surface area is 111 Å². The standard InChI is InChI=1S/C16H26N2/c1-3-8-15(13-17-4-2)18-12-7-10-14-9-5-6-11-16(14)18/h5-6,9,11,15,17H,3-4,7-8,10,12-13H2,1-2H3. The zero-order valence-corrected chi connectivity index (χ0v) is 11.8. The Morgan fingerprint density at radius 3 is 2.89 bits per heavy atom. The minimum atomic E-state index is 0.649. The van der Waals surface area contributed by atoms with Crippen LogP contribution in [0.5, 0.6) is 0 Å². The molecular formula is C16H26N2. The number of anilines is 1.